The zero-order chi connectivity index (χ0) is 20.8. The predicted octanol–water partition coefficient (Wildman–Crippen LogP) is 5.67. The quantitative estimate of drug-likeness (QED) is 0.301. The SMILES string of the molecule is CCc1cccc(NC(=O)CSc2nc(Nc3ccccc3)c3ccccc3n2)c1. The number of carbonyl (C=O) groups is 1. The van der Waals surface area contributed by atoms with Gasteiger partial charge in [-0.3, -0.25) is 4.79 Å². The van der Waals surface area contributed by atoms with Crippen molar-refractivity contribution in [1.29, 1.82) is 0 Å². The lowest BCUT2D eigenvalue weighted by Gasteiger charge is -2.11. The van der Waals surface area contributed by atoms with E-state index in [-0.39, 0.29) is 11.7 Å². The number of carbonyl (C=O) groups excluding carboxylic acids is 1. The monoisotopic (exact) mass is 414 g/mol. The Morgan fingerprint density at radius 3 is 2.50 bits per heavy atom. The van der Waals surface area contributed by atoms with Crippen molar-refractivity contribution in [1.82, 2.24) is 9.97 Å². The maximum Gasteiger partial charge on any atom is 0.234 e. The van der Waals surface area contributed by atoms with Crippen LogP contribution in [0.1, 0.15) is 12.5 Å². The molecule has 0 aliphatic heterocycles. The second-order valence-corrected chi connectivity index (χ2v) is 7.70. The summed E-state index contributed by atoms with van der Waals surface area (Å²) in [7, 11) is 0. The summed E-state index contributed by atoms with van der Waals surface area (Å²) in [5.41, 5.74) is 3.79. The highest BCUT2D eigenvalue weighted by atomic mass is 32.2. The predicted molar refractivity (Wildman–Crippen MR) is 124 cm³/mol. The van der Waals surface area contributed by atoms with Crippen molar-refractivity contribution < 1.29 is 4.79 Å². The largest absolute Gasteiger partial charge is 0.340 e. The van der Waals surface area contributed by atoms with Crippen LogP contribution in [-0.2, 0) is 11.2 Å². The zero-order valence-electron chi connectivity index (χ0n) is 16.6. The highest BCUT2D eigenvalue weighted by Gasteiger charge is 2.11. The first-order chi connectivity index (χ1) is 14.7. The molecule has 0 aliphatic carbocycles. The van der Waals surface area contributed by atoms with Crippen LogP contribution < -0.4 is 10.6 Å². The first kappa shape index (κ1) is 19.9. The lowest BCUT2D eigenvalue weighted by molar-refractivity contribution is -0.113. The summed E-state index contributed by atoms with van der Waals surface area (Å²) in [6, 6.07) is 25.6. The average molecular weight is 415 g/mol. The molecule has 6 heteroatoms. The third-order valence-electron chi connectivity index (χ3n) is 4.57. The number of nitrogens with zero attached hydrogens (tertiary/aromatic N) is 2. The Kier molecular flexibility index (Phi) is 6.25. The molecular formula is C24H22N4OS. The number of rotatable bonds is 7. The van der Waals surface area contributed by atoms with Crippen LogP contribution in [0.4, 0.5) is 17.2 Å². The summed E-state index contributed by atoms with van der Waals surface area (Å²) in [5.74, 6) is 0.882. The van der Waals surface area contributed by atoms with Crippen LogP contribution in [0, 0.1) is 0 Å². The number of benzene rings is 3. The van der Waals surface area contributed by atoms with Gasteiger partial charge in [-0.2, -0.15) is 0 Å². The van der Waals surface area contributed by atoms with E-state index in [1.165, 1.54) is 17.3 Å². The highest BCUT2D eigenvalue weighted by molar-refractivity contribution is 7.99. The molecule has 0 saturated carbocycles. The van der Waals surface area contributed by atoms with E-state index in [0.29, 0.717) is 5.16 Å². The number of aryl methyl sites for hydroxylation is 1. The third-order valence-corrected chi connectivity index (χ3v) is 5.42. The smallest absolute Gasteiger partial charge is 0.234 e. The Balaban J connectivity index is 1.50. The number of aromatic nitrogens is 2. The molecule has 1 aromatic heterocycles. The fourth-order valence-corrected chi connectivity index (χ4v) is 3.72. The van der Waals surface area contributed by atoms with Gasteiger partial charge in [0, 0.05) is 16.8 Å². The van der Waals surface area contributed by atoms with Gasteiger partial charge >= 0.3 is 0 Å². The standard InChI is InChI=1S/C24H22N4OS/c1-2-17-9-8-12-19(15-17)25-22(29)16-30-24-27-21-14-7-6-13-20(21)23(28-24)26-18-10-4-3-5-11-18/h3-15H,2,16H2,1H3,(H,25,29)(H,26,27,28). The van der Waals surface area contributed by atoms with Crippen LogP contribution >= 0.6 is 11.8 Å². The van der Waals surface area contributed by atoms with Gasteiger partial charge in [0.2, 0.25) is 5.91 Å². The second-order valence-electron chi connectivity index (χ2n) is 6.75. The summed E-state index contributed by atoms with van der Waals surface area (Å²) in [6.07, 6.45) is 0.931. The zero-order valence-corrected chi connectivity index (χ0v) is 17.4. The first-order valence-electron chi connectivity index (χ1n) is 9.81. The van der Waals surface area contributed by atoms with Gasteiger partial charge in [-0.15, -0.1) is 0 Å². The van der Waals surface area contributed by atoms with Crippen LogP contribution in [-0.4, -0.2) is 21.6 Å². The van der Waals surface area contributed by atoms with Gasteiger partial charge in [-0.1, -0.05) is 61.2 Å². The van der Waals surface area contributed by atoms with E-state index in [1.54, 1.807) is 0 Å². The van der Waals surface area contributed by atoms with E-state index in [0.717, 1.165) is 34.5 Å². The molecule has 0 atom stereocenters. The molecule has 0 saturated heterocycles. The van der Waals surface area contributed by atoms with Crippen molar-refractivity contribution >= 4 is 45.8 Å². The molecule has 1 amide bonds. The fraction of sp³-hybridized carbons (Fsp3) is 0.125. The molecule has 0 fully saturated rings. The van der Waals surface area contributed by atoms with Gasteiger partial charge in [0.05, 0.1) is 11.3 Å². The van der Waals surface area contributed by atoms with Gasteiger partial charge < -0.3 is 10.6 Å². The molecular weight excluding hydrogens is 392 g/mol. The summed E-state index contributed by atoms with van der Waals surface area (Å²) >= 11 is 1.32. The van der Waals surface area contributed by atoms with Crippen LogP contribution in [0.15, 0.2) is 84.0 Å². The second kappa shape index (κ2) is 9.41. The molecule has 5 nitrogen and oxygen atoms in total. The highest BCUT2D eigenvalue weighted by Crippen LogP contribution is 2.27. The summed E-state index contributed by atoms with van der Waals surface area (Å²) in [6.45, 7) is 2.09. The topological polar surface area (TPSA) is 66.9 Å². The summed E-state index contributed by atoms with van der Waals surface area (Å²) < 4.78 is 0. The Bertz CT molecular complexity index is 1160. The minimum atomic E-state index is -0.0809. The molecule has 1 heterocycles. The van der Waals surface area contributed by atoms with Crippen molar-refractivity contribution in [2.75, 3.05) is 16.4 Å². The molecule has 2 N–H and O–H groups in total. The molecule has 4 rings (SSSR count). The molecule has 0 radical (unpaired) electrons. The molecule has 0 spiro atoms. The summed E-state index contributed by atoms with van der Waals surface area (Å²) in [5, 5.41) is 7.81. The van der Waals surface area contributed by atoms with E-state index in [4.69, 9.17) is 0 Å². The van der Waals surface area contributed by atoms with E-state index in [1.807, 2.05) is 72.8 Å². The number of amides is 1. The van der Waals surface area contributed by atoms with Gasteiger partial charge in [-0.25, -0.2) is 9.97 Å². The minimum absolute atomic E-state index is 0.0809. The average Bonchev–Trinajstić information content (AvgIpc) is 2.78. The number of thioether (sulfide) groups is 1. The Morgan fingerprint density at radius 2 is 1.67 bits per heavy atom. The van der Waals surface area contributed by atoms with Crippen molar-refractivity contribution in [3.05, 3.63) is 84.4 Å². The van der Waals surface area contributed by atoms with Crippen LogP contribution in [0.3, 0.4) is 0 Å². The first-order valence-corrected chi connectivity index (χ1v) is 10.8. The third kappa shape index (κ3) is 4.96. The van der Waals surface area contributed by atoms with Crippen molar-refractivity contribution in [3.63, 3.8) is 0 Å². The summed E-state index contributed by atoms with van der Waals surface area (Å²) in [4.78, 5) is 21.7. The number of hydrogen-bond acceptors (Lipinski definition) is 5. The van der Waals surface area contributed by atoms with Gasteiger partial charge in [0.1, 0.15) is 5.82 Å². The van der Waals surface area contributed by atoms with Crippen LogP contribution in [0.5, 0.6) is 0 Å². The lowest BCUT2D eigenvalue weighted by Crippen LogP contribution is -2.14. The molecule has 3 aromatic carbocycles. The van der Waals surface area contributed by atoms with Gasteiger partial charge in [0.25, 0.3) is 0 Å². The maximum atomic E-state index is 12.4. The number of hydrogen-bond donors (Lipinski definition) is 2. The van der Waals surface area contributed by atoms with Crippen LogP contribution in [0.2, 0.25) is 0 Å². The minimum Gasteiger partial charge on any atom is -0.340 e. The van der Waals surface area contributed by atoms with E-state index in [2.05, 4.69) is 33.6 Å². The van der Waals surface area contributed by atoms with Crippen LogP contribution in [0.25, 0.3) is 10.9 Å². The fourth-order valence-electron chi connectivity index (χ4n) is 3.07. The molecule has 0 bridgehead atoms. The molecule has 30 heavy (non-hydrogen) atoms. The van der Waals surface area contributed by atoms with E-state index < -0.39 is 0 Å². The lowest BCUT2D eigenvalue weighted by atomic mass is 10.1. The van der Waals surface area contributed by atoms with Crippen molar-refractivity contribution in [2.45, 2.75) is 18.5 Å². The normalized spacial score (nSPS) is 10.7. The van der Waals surface area contributed by atoms with Crippen molar-refractivity contribution in [2.24, 2.45) is 0 Å². The Labute approximate surface area is 180 Å². The molecule has 0 aliphatic rings. The van der Waals surface area contributed by atoms with E-state index in [9.17, 15) is 4.79 Å². The van der Waals surface area contributed by atoms with E-state index >= 15 is 0 Å². The number of fused-ring (bicyclic) bond motifs is 1. The Morgan fingerprint density at radius 1 is 0.900 bits per heavy atom. The molecule has 150 valence electrons. The van der Waals surface area contributed by atoms with Crippen molar-refractivity contribution in [3.8, 4) is 0 Å². The number of nitrogens with one attached hydrogen (secondary N) is 2. The Hall–Kier alpha value is -3.38. The molecule has 4 aromatic rings. The van der Waals surface area contributed by atoms with Gasteiger partial charge in [-0.05, 0) is 48.4 Å². The maximum absolute atomic E-state index is 12.4. The number of anilines is 3. The van der Waals surface area contributed by atoms with Gasteiger partial charge in [0.15, 0.2) is 5.16 Å². The number of para-hydroxylation sites is 2. The molecule has 0 unspecified atom stereocenters.